The minimum absolute atomic E-state index is 0.181. The largest absolute Gasteiger partial charge is 0.493 e. The highest BCUT2D eigenvalue weighted by Crippen LogP contribution is 2.39. The lowest BCUT2D eigenvalue weighted by Crippen LogP contribution is -2.37. The summed E-state index contributed by atoms with van der Waals surface area (Å²) in [6.07, 6.45) is -0.0186. The van der Waals surface area contributed by atoms with Crippen molar-refractivity contribution in [1.29, 1.82) is 0 Å². The van der Waals surface area contributed by atoms with Crippen molar-refractivity contribution in [2.45, 2.75) is 39.8 Å². The van der Waals surface area contributed by atoms with Gasteiger partial charge in [0.2, 0.25) is 5.75 Å². The quantitative estimate of drug-likeness (QED) is 0.709. The van der Waals surface area contributed by atoms with Crippen LogP contribution in [-0.4, -0.2) is 33.3 Å². The van der Waals surface area contributed by atoms with Crippen LogP contribution in [0.15, 0.2) is 30.3 Å². The third-order valence-corrected chi connectivity index (χ3v) is 4.50. The van der Waals surface area contributed by atoms with Gasteiger partial charge in [-0.1, -0.05) is 24.6 Å². The van der Waals surface area contributed by atoms with E-state index in [-0.39, 0.29) is 12.5 Å². The molecule has 6 nitrogen and oxygen atoms in total. The summed E-state index contributed by atoms with van der Waals surface area (Å²) in [5.74, 6) is 2.13. The van der Waals surface area contributed by atoms with Gasteiger partial charge in [-0.3, -0.25) is 4.79 Å². The fourth-order valence-corrected chi connectivity index (χ4v) is 3.01. The Morgan fingerprint density at radius 1 is 0.964 bits per heavy atom. The molecule has 28 heavy (non-hydrogen) atoms. The van der Waals surface area contributed by atoms with E-state index in [4.69, 9.17) is 18.9 Å². The summed E-state index contributed by atoms with van der Waals surface area (Å²) in [5.41, 5.74) is 2.95. The molecule has 152 valence electrons. The number of hydrogen-bond acceptors (Lipinski definition) is 5. The first-order valence-corrected chi connectivity index (χ1v) is 9.24. The normalized spacial score (nSPS) is 11.5. The van der Waals surface area contributed by atoms with E-state index in [1.165, 1.54) is 0 Å². The van der Waals surface area contributed by atoms with Crippen LogP contribution in [0.1, 0.15) is 30.0 Å². The van der Waals surface area contributed by atoms with Crippen molar-refractivity contribution >= 4 is 5.91 Å². The van der Waals surface area contributed by atoms with Gasteiger partial charge in [0.25, 0.3) is 5.91 Å². The molecule has 0 spiro atoms. The van der Waals surface area contributed by atoms with Crippen molar-refractivity contribution in [1.82, 2.24) is 5.32 Å². The maximum absolute atomic E-state index is 12.7. The molecule has 2 aromatic rings. The van der Waals surface area contributed by atoms with Gasteiger partial charge in [0.05, 0.1) is 21.3 Å². The van der Waals surface area contributed by atoms with Gasteiger partial charge in [-0.2, -0.15) is 0 Å². The molecule has 0 aliphatic heterocycles. The van der Waals surface area contributed by atoms with Crippen LogP contribution < -0.4 is 24.3 Å². The smallest absolute Gasteiger partial charge is 0.261 e. The Morgan fingerprint density at radius 3 is 2.21 bits per heavy atom. The summed E-state index contributed by atoms with van der Waals surface area (Å²) in [6, 6.07) is 9.53. The predicted molar refractivity (Wildman–Crippen MR) is 109 cm³/mol. The van der Waals surface area contributed by atoms with Gasteiger partial charge in [0.1, 0.15) is 5.75 Å². The van der Waals surface area contributed by atoms with Crippen LogP contribution in [0.4, 0.5) is 0 Å². The Kier molecular flexibility index (Phi) is 7.55. The predicted octanol–water partition coefficient (Wildman–Crippen LogP) is 3.80. The van der Waals surface area contributed by atoms with Crippen LogP contribution in [0.25, 0.3) is 0 Å². The zero-order chi connectivity index (χ0) is 20.7. The van der Waals surface area contributed by atoms with Gasteiger partial charge >= 0.3 is 0 Å². The van der Waals surface area contributed by atoms with Gasteiger partial charge in [0.15, 0.2) is 17.6 Å². The molecule has 1 N–H and O–H groups in total. The number of hydrogen-bond donors (Lipinski definition) is 1. The summed E-state index contributed by atoms with van der Waals surface area (Å²) < 4.78 is 22.1. The molecule has 0 aromatic heterocycles. The molecular formula is C22H29NO5. The minimum atomic E-state index is -0.576. The lowest BCUT2D eigenvalue weighted by molar-refractivity contribution is -0.128. The standard InChI is InChI=1S/C22H29NO5/c1-7-17(28-18-10-8-14(2)12-15(18)3)22(24)23-13-16-9-11-19(25-4)21(27-6)20(16)26-5/h8-12,17H,7,13H2,1-6H3,(H,23,24)/t17-/m1/s1. The highest BCUT2D eigenvalue weighted by atomic mass is 16.5. The molecule has 2 rings (SSSR count). The molecular weight excluding hydrogens is 358 g/mol. The Balaban J connectivity index is 2.11. The van der Waals surface area contributed by atoms with Crippen LogP contribution in [0.2, 0.25) is 0 Å². The summed E-state index contributed by atoms with van der Waals surface area (Å²) >= 11 is 0. The van der Waals surface area contributed by atoms with Gasteiger partial charge in [-0.25, -0.2) is 0 Å². The van der Waals surface area contributed by atoms with E-state index in [0.717, 1.165) is 22.4 Å². The van der Waals surface area contributed by atoms with Gasteiger partial charge in [-0.15, -0.1) is 0 Å². The molecule has 0 fully saturated rings. The third-order valence-electron chi connectivity index (χ3n) is 4.50. The molecule has 6 heteroatoms. The summed E-state index contributed by atoms with van der Waals surface area (Å²) in [5, 5.41) is 2.92. The first kappa shape index (κ1) is 21.4. The molecule has 2 aromatic carbocycles. The Bertz CT molecular complexity index is 819. The number of carbonyl (C=O) groups excluding carboxylic acids is 1. The highest BCUT2D eigenvalue weighted by molar-refractivity contribution is 5.81. The first-order valence-electron chi connectivity index (χ1n) is 9.24. The first-order chi connectivity index (χ1) is 13.4. The van der Waals surface area contributed by atoms with Gasteiger partial charge < -0.3 is 24.3 Å². The second-order valence-corrected chi connectivity index (χ2v) is 6.49. The van der Waals surface area contributed by atoms with Crippen LogP contribution in [0.5, 0.6) is 23.0 Å². The second-order valence-electron chi connectivity index (χ2n) is 6.49. The number of ether oxygens (including phenoxy) is 4. The molecule has 0 saturated heterocycles. The fraction of sp³-hybridized carbons (Fsp3) is 0.409. The van der Waals surface area contributed by atoms with Crippen molar-refractivity contribution in [3.63, 3.8) is 0 Å². The average molecular weight is 387 g/mol. The Hall–Kier alpha value is -2.89. The summed E-state index contributed by atoms with van der Waals surface area (Å²) in [4.78, 5) is 12.7. The number of amides is 1. The number of aryl methyl sites for hydroxylation is 2. The van der Waals surface area contributed by atoms with Crippen LogP contribution >= 0.6 is 0 Å². The maximum Gasteiger partial charge on any atom is 0.261 e. The molecule has 0 radical (unpaired) electrons. The van der Waals surface area contributed by atoms with Crippen LogP contribution in [0.3, 0.4) is 0 Å². The second kappa shape index (κ2) is 9.88. The summed E-state index contributed by atoms with van der Waals surface area (Å²) in [6.45, 7) is 6.21. The van der Waals surface area contributed by atoms with E-state index in [2.05, 4.69) is 5.32 Å². The highest BCUT2D eigenvalue weighted by Gasteiger charge is 2.21. The molecule has 1 atom stereocenters. The lowest BCUT2D eigenvalue weighted by Gasteiger charge is -2.20. The van der Waals surface area contributed by atoms with Crippen molar-refractivity contribution < 1.29 is 23.7 Å². The molecule has 0 aliphatic rings. The fourth-order valence-electron chi connectivity index (χ4n) is 3.01. The topological polar surface area (TPSA) is 66.0 Å². The molecule has 1 amide bonds. The van der Waals surface area contributed by atoms with Crippen molar-refractivity contribution in [3.05, 3.63) is 47.0 Å². The summed E-state index contributed by atoms with van der Waals surface area (Å²) in [7, 11) is 4.67. The number of carbonyl (C=O) groups is 1. The molecule has 0 unspecified atom stereocenters. The minimum Gasteiger partial charge on any atom is -0.493 e. The SMILES string of the molecule is CC[C@@H](Oc1ccc(C)cc1C)C(=O)NCc1ccc(OC)c(OC)c1OC. The van der Waals surface area contributed by atoms with Crippen molar-refractivity contribution in [2.75, 3.05) is 21.3 Å². The average Bonchev–Trinajstić information content (AvgIpc) is 2.70. The van der Waals surface area contributed by atoms with E-state index in [0.29, 0.717) is 23.7 Å². The molecule has 0 saturated carbocycles. The van der Waals surface area contributed by atoms with E-state index in [1.807, 2.05) is 45.0 Å². The molecule has 0 heterocycles. The number of methoxy groups -OCH3 is 3. The zero-order valence-electron chi connectivity index (χ0n) is 17.4. The number of nitrogens with one attached hydrogen (secondary N) is 1. The van der Waals surface area contributed by atoms with Crippen molar-refractivity contribution in [3.8, 4) is 23.0 Å². The molecule has 0 aliphatic carbocycles. The maximum atomic E-state index is 12.7. The zero-order valence-corrected chi connectivity index (χ0v) is 17.4. The van der Waals surface area contributed by atoms with Gasteiger partial charge in [0, 0.05) is 12.1 Å². The third kappa shape index (κ3) is 4.88. The lowest BCUT2D eigenvalue weighted by atomic mass is 10.1. The Morgan fingerprint density at radius 2 is 1.64 bits per heavy atom. The van der Waals surface area contributed by atoms with E-state index < -0.39 is 6.10 Å². The number of rotatable bonds is 9. The van der Waals surface area contributed by atoms with E-state index in [9.17, 15) is 4.79 Å². The van der Waals surface area contributed by atoms with Crippen LogP contribution in [-0.2, 0) is 11.3 Å². The van der Waals surface area contributed by atoms with E-state index in [1.54, 1.807) is 27.4 Å². The van der Waals surface area contributed by atoms with E-state index >= 15 is 0 Å². The molecule has 0 bridgehead atoms. The van der Waals surface area contributed by atoms with Crippen molar-refractivity contribution in [2.24, 2.45) is 0 Å². The van der Waals surface area contributed by atoms with Gasteiger partial charge in [-0.05, 0) is 44.0 Å². The number of benzene rings is 2. The van der Waals surface area contributed by atoms with Crippen LogP contribution in [0, 0.1) is 13.8 Å². The Labute approximate surface area is 166 Å². The monoisotopic (exact) mass is 387 g/mol.